The van der Waals surface area contributed by atoms with E-state index in [0.717, 1.165) is 5.92 Å². The summed E-state index contributed by atoms with van der Waals surface area (Å²) in [6.45, 7) is 0. The Hall–Kier alpha value is -1.76. The molecule has 1 nitrogen and oxygen atoms in total. The minimum absolute atomic E-state index is 0.842. The standard InChI is InChI=1S/C19H21N/c1-20(18-10-7-16(8-11-18)15-5-6-15)19-12-9-14-3-2-4-17(14)13-19/h7-13,15H,2-6H2,1H3. The van der Waals surface area contributed by atoms with Crippen LogP contribution in [0.1, 0.15) is 41.9 Å². The molecule has 4 rings (SSSR count). The predicted molar refractivity (Wildman–Crippen MR) is 84.9 cm³/mol. The lowest BCUT2D eigenvalue weighted by Crippen LogP contribution is -2.09. The predicted octanol–water partition coefficient (Wildman–Crippen LogP) is 4.82. The van der Waals surface area contributed by atoms with Crippen molar-refractivity contribution in [1.82, 2.24) is 0 Å². The molecule has 0 saturated heterocycles. The maximum Gasteiger partial charge on any atom is 0.0411 e. The lowest BCUT2D eigenvalue weighted by Gasteiger charge is -2.21. The Labute approximate surface area is 121 Å². The summed E-state index contributed by atoms with van der Waals surface area (Å²) < 4.78 is 0. The highest BCUT2D eigenvalue weighted by molar-refractivity contribution is 5.64. The van der Waals surface area contributed by atoms with Crippen molar-refractivity contribution in [3.63, 3.8) is 0 Å². The molecule has 0 atom stereocenters. The molecule has 1 saturated carbocycles. The van der Waals surface area contributed by atoms with Gasteiger partial charge in [-0.2, -0.15) is 0 Å². The van der Waals surface area contributed by atoms with E-state index in [0.29, 0.717) is 0 Å². The van der Waals surface area contributed by atoms with Gasteiger partial charge in [0.05, 0.1) is 0 Å². The van der Waals surface area contributed by atoms with Crippen LogP contribution < -0.4 is 4.90 Å². The quantitative estimate of drug-likeness (QED) is 0.767. The van der Waals surface area contributed by atoms with Crippen molar-refractivity contribution in [2.24, 2.45) is 0 Å². The summed E-state index contributed by atoms with van der Waals surface area (Å²) in [6.07, 6.45) is 6.58. The van der Waals surface area contributed by atoms with Gasteiger partial charge in [0.1, 0.15) is 0 Å². The van der Waals surface area contributed by atoms with Gasteiger partial charge in [0.2, 0.25) is 0 Å². The highest BCUT2D eigenvalue weighted by Gasteiger charge is 2.23. The summed E-state index contributed by atoms with van der Waals surface area (Å²) in [4.78, 5) is 2.30. The van der Waals surface area contributed by atoms with Gasteiger partial charge in [-0.3, -0.25) is 0 Å². The molecule has 0 bridgehead atoms. The molecule has 0 N–H and O–H groups in total. The largest absolute Gasteiger partial charge is 0.345 e. The summed E-state index contributed by atoms with van der Waals surface area (Å²) in [7, 11) is 2.17. The Kier molecular flexibility index (Phi) is 2.80. The molecule has 0 radical (unpaired) electrons. The van der Waals surface area contributed by atoms with E-state index in [1.165, 1.54) is 49.0 Å². The van der Waals surface area contributed by atoms with Gasteiger partial charge in [-0.1, -0.05) is 18.2 Å². The third-order valence-corrected chi connectivity index (χ3v) is 4.80. The number of nitrogens with zero attached hydrogens (tertiary/aromatic N) is 1. The second kappa shape index (κ2) is 4.66. The lowest BCUT2D eigenvalue weighted by molar-refractivity contribution is 0.911. The average Bonchev–Trinajstić information content (AvgIpc) is 3.24. The van der Waals surface area contributed by atoms with Gasteiger partial charge in [-0.05, 0) is 79.0 Å². The molecule has 0 heterocycles. The average molecular weight is 263 g/mol. The number of aryl methyl sites for hydroxylation is 2. The first-order valence-electron chi connectivity index (χ1n) is 7.77. The van der Waals surface area contributed by atoms with E-state index in [-0.39, 0.29) is 0 Å². The molecule has 20 heavy (non-hydrogen) atoms. The van der Waals surface area contributed by atoms with Gasteiger partial charge in [0.25, 0.3) is 0 Å². The molecule has 0 amide bonds. The Balaban J connectivity index is 1.60. The van der Waals surface area contributed by atoms with Crippen molar-refractivity contribution in [3.8, 4) is 0 Å². The maximum absolute atomic E-state index is 2.37. The van der Waals surface area contributed by atoms with Gasteiger partial charge in [0.15, 0.2) is 0 Å². The van der Waals surface area contributed by atoms with E-state index >= 15 is 0 Å². The molecule has 1 fully saturated rings. The molecular weight excluding hydrogens is 242 g/mol. The van der Waals surface area contributed by atoms with Crippen LogP contribution in [0.2, 0.25) is 0 Å². The number of rotatable bonds is 3. The Bertz CT molecular complexity index is 623. The fourth-order valence-corrected chi connectivity index (χ4v) is 3.30. The molecular formula is C19H21N. The second-order valence-electron chi connectivity index (χ2n) is 6.23. The van der Waals surface area contributed by atoms with Crippen molar-refractivity contribution in [2.75, 3.05) is 11.9 Å². The number of fused-ring (bicyclic) bond motifs is 1. The maximum atomic E-state index is 2.37. The monoisotopic (exact) mass is 263 g/mol. The van der Waals surface area contributed by atoms with Crippen LogP contribution in [0.15, 0.2) is 42.5 Å². The zero-order valence-electron chi connectivity index (χ0n) is 12.1. The number of benzene rings is 2. The van der Waals surface area contributed by atoms with E-state index in [9.17, 15) is 0 Å². The van der Waals surface area contributed by atoms with Gasteiger partial charge >= 0.3 is 0 Å². The fourth-order valence-electron chi connectivity index (χ4n) is 3.30. The third-order valence-electron chi connectivity index (χ3n) is 4.80. The Morgan fingerprint density at radius 3 is 2.30 bits per heavy atom. The first kappa shape index (κ1) is 12.0. The van der Waals surface area contributed by atoms with Crippen LogP contribution in [0.4, 0.5) is 11.4 Å². The normalized spacial score (nSPS) is 17.1. The topological polar surface area (TPSA) is 3.24 Å². The molecule has 1 heteroatoms. The van der Waals surface area contributed by atoms with E-state index in [4.69, 9.17) is 0 Å². The molecule has 2 aromatic rings. The molecule has 0 aromatic heterocycles. The van der Waals surface area contributed by atoms with Crippen LogP contribution in [0.3, 0.4) is 0 Å². The molecule has 2 aliphatic carbocycles. The molecule has 0 unspecified atom stereocenters. The minimum Gasteiger partial charge on any atom is -0.345 e. The second-order valence-corrected chi connectivity index (χ2v) is 6.23. The zero-order chi connectivity index (χ0) is 13.5. The van der Waals surface area contributed by atoms with Crippen LogP contribution in [0.25, 0.3) is 0 Å². The van der Waals surface area contributed by atoms with Crippen LogP contribution in [0.5, 0.6) is 0 Å². The van der Waals surface area contributed by atoms with Crippen molar-refractivity contribution < 1.29 is 0 Å². The Morgan fingerprint density at radius 1 is 0.850 bits per heavy atom. The lowest BCUT2D eigenvalue weighted by atomic mass is 10.1. The molecule has 2 aromatic carbocycles. The SMILES string of the molecule is CN(c1ccc(C2CC2)cc1)c1ccc2c(c1)CCC2. The molecule has 2 aliphatic rings. The number of hydrogen-bond donors (Lipinski definition) is 0. The highest BCUT2D eigenvalue weighted by atomic mass is 15.1. The van der Waals surface area contributed by atoms with Gasteiger partial charge in [-0.15, -0.1) is 0 Å². The van der Waals surface area contributed by atoms with E-state index in [1.807, 2.05) is 0 Å². The zero-order valence-corrected chi connectivity index (χ0v) is 12.1. The van der Waals surface area contributed by atoms with Gasteiger partial charge in [0, 0.05) is 18.4 Å². The summed E-state index contributed by atoms with van der Waals surface area (Å²) >= 11 is 0. The van der Waals surface area contributed by atoms with Crippen LogP contribution in [-0.2, 0) is 12.8 Å². The van der Waals surface area contributed by atoms with Gasteiger partial charge in [-0.25, -0.2) is 0 Å². The summed E-state index contributed by atoms with van der Waals surface area (Å²) in [6, 6.07) is 16.1. The smallest absolute Gasteiger partial charge is 0.0411 e. The first-order chi connectivity index (χ1) is 9.81. The summed E-state index contributed by atoms with van der Waals surface area (Å²) in [5, 5.41) is 0. The fraction of sp³-hybridized carbons (Fsp3) is 0.368. The minimum atomic E-state index is 0.842. The van der Waals surface area contributed by atoms with Crippen molar-refractivity contribution in [3.05, 3.63) is 59.2 Å². The van der Waals surface area contributed by atoms with E-state index in [2.05, 4.69) is 54.4 Å². The number of anilines is 2. The molecule has 0 aliphatic heterocycles. The Morgan fingerprint density at radius 2 is 1.55 bits per heavy atom. The van der Waals surface area contributed by atoms with Crippen molar-refractivity contribution in [1.29, 1.82) is 0 Å². The van der Waals surface area contributed by atoms with E-state index < -0.39 is 0 Å². The van der Waals surface area contributed by atoms with Crippen LogP contribution in [0, 0.1) is 0 Å². The third kappa shape index (κ3) is 2.11. The summed E-state index contributed by atoms with van der Waals surface area (Å²) in [5.41, 5.74) is 7.20. The first-order valence-corrected chi connectivity index (χ1v) is 7.77. The molecule has 0 spiro atoms. The van der Waals surface area contributed by atoms with Crippen molar-refractivity contribution >= 4 is 11.4 Å². The van der Waals surface area contributed by atoms with Gasteiger partial charge < -0.3 is 4.90 Å². The molecule has 102 valence electrons. The highest BCUT2D eigenvalue weighted by Crippen LogP contribution is 2.40. The van der Waals surface area contributed by atoms with Crippen LogP contribution in [-0.4, -0.2) is 7.05 Å². The van der Waals surface area contributed by atoms with Crippen LogP contribution >= 0.6 is 0 Å². The van der Waals surface area contributed by atoms with Crippen molar-refractivity contribution in [2.45, 2.75) is 38.0 Å². The summed E-state index contributed by atoms with van der Waals surface area (Å²) in [5.74, 6) is 0.842. The number of hydrogen-bond acceptors (Lipinski definition) is 1. The van der Waals surface area contributed by atoms with E-state index in [1.54, 1.807) is 11.1 Å².